The molecule has 3 aliphatic rings. The van der Waals surface area contributed by atoms with Crippen molar-refractivity contribution >= 4 is 24.2 Å². The quantitative estimate of drug-likeness (QED) is 0.678. The summed E-state index contributed by atoms with van der Waals surface area (Å²) in [7, 11) is 0. The molecule has 3 heterocycles. The summed E-state index contributed by atoms with van der Waals surface area (Å²) in [6.07, 6.45) is 6.83. The number of fused-ring (bicyclic) bond motifs is 1. The van der Waals surface area contributed by atoms with Gasteiger partial charge in [-0.05, 0) is 12.8 Å². The van der Waals surface area contributed by atoms with Crippen molar-refractivity contribution < 1.29 is 9.59 Å². The number of rotatable bonds is 4. The molecule has 0 spiro atoms. The van der Waals surface area contributed by atoms with E-state index in [4.69, 9.17) is 0 Å². The van der Waals surface area contributed by atoms with E-state index in [-0.39, 0.29) is 24.2 Å². The third-order valence-corrected chi connectivity index (χ3v) is 6.01. The maximum atomic E-state index is 12.8. The number of hydrogen-bond donors (Lipinski definition) is 3. The SMILES string of the molecule is Cl.O=C(CN1CCN(C(=O)c2n[nH]c3c2CNCC3)CC1)NC1CCCCC1. The molecule has 4 rings (SSSR count). The van der Waals surface area contributed by atoms with Crippen LogP contribution in [0.25, 0.3) is 0 Å². The fourth-order valence-corrected chi connectivity index (χ4v) is 4.38. The highest BCUT2D eigenvalue weighted by molar-refractivity contribution is 5.94. The summed E-state index contributed by atoms with van der Waals surface area (Å²) in [4.78, 5) is 29.1. The normalized spacial score (nSPS) is 20.9. The van der Waals surface area contributed by atoms with Crippen molar-refractivity contribution in [1.82, 2.24) is 30.6 Å². The van der Waals surface area contributed by atoms with E-state index in [9.17, 15) is 9.59 Å². The molecule has 1 saturated heterocycles. The lowest BCUT2D eigenvalue weighted by atomic mass is 9.95. The first-order chi connectivity index (χ1) is 13.2. The number of halogens is 1. The number of nitrogens with one attached hydrogen (secondary N) is 3. The molecule has 0 unspecified atom stereocenters. The average Bonchev–Trinajstić information content (AvgIpc) is 3.13. The van der Waals surface area contributed by atoms with E-state index in [0.29, 0.717) is 37.9 Å². The van der Waals surface area contributed by atoms with Crippen molar-refractivity contribution in [1.29, 1.82) is 0 Å². The van der Waals surface area contributed by atoms with Crippen LogP contribution in [0, 0.1) is 0 Å². The molecule has 1 aromatic heterocycles. The van der Waals surface area contributed by atoms with Crippen molar-refractivity contribution in [3.63, 3.8) is 0 Å². The van der Waals surface area contributed by atoms with Crippen LogP contribution >= 0.6 is 12.4 Å². The van der Waals surface area contributed by atoms with Crippen LogP contribution in [0.15, 0.2) is 0 Å². The van der Waals surface area contributed by atoms with Crippen molar-refractivity contribution in [2.75, 3.05) is 39.3 Å². The molecule has 0 atom stereocenters. The molecule has 1 saturated carbocycles. The molecule has 28 heavy (non-hydrogen) atoms. The average molecular weight is 411 g/mol. The van der Waals surface area contributed by atoms with Gasteiger partial charge in [-0.15, -0.1) is 12.4 Å². The van der Waals surface area contributed by atoms with E-state index in [2.05, 4.69) is 25.7 Å². The summed E-state index contributed by atoms with van der Waals surface area (Å²) < 4.78 is 0. The predicted molar refractivity (Wildman–Crippen MR) is 109 cm³/mol. The summed E-state index contributed by atoms with van der Waals surface area (Å²) in [6.45, 7) is 4.80. The topological polar surface area (TPSA) is 93.4 Å². The van der Waals surface area contributed by atoms with Crippen molar-refractivity contribution in [2.45, 2.75) is 51.1 Å². The number of aromatic nitrogens is 2. The first kappa shape index (κ1) is 21.1. The van der Waals surface area contributed by atoms with Gasteiger partial charge in [0.2, 0.25) is 5.91 Å². The van der Waals surface area contributed by atoms with E-state index in [0.717, 1.165) is 50.2 Å². The van der Waals surface area contributed by atoms with E-state index in [1.807, 2.05) is 4.90 Å². The Labute approximate surface area is 172 Å². The smallest absolute Gasteiger partial charge is 0.274 e. The largest absolute Gasteiger partial charge is 0.352 e. The first-order valence-corrected chi connectivity index (χ1v) is 10.3. The second-order valence-electron chi connectivity index (χ2n) is 7.93. The fourth-order valence-electron chi connectivity index (χ4n) is 4.38. The molecule has 0 aromatic carbocycles. The minimum atomic E-state index is 0. The van der Waals surface area contributed by atoms with Gasteiger partial charge < -0.3 is 15.5 Å². The number of piperazine rings is 1. The van der Waals surface area contributed by atoms with Crippen LogP contribution in [-0.4, -0.2) is 77.1 Å². The van der Waals surface area contributed by atoms with Gasteiger partial charge in [-0.1, -0.05) is 19.3 Å². The molecule has 2 aliphatic heterocycles. The third-order valence-electron chi connectivity index (χ3n) is 6.01. The van der Waals surface area contributed by atoms with Gasteiger partial charge in [0, 0.05) is 63.0 Å². The van der Waals surface area contributed by atoms with Gasteiger partial charge in [-0.3, -0.25) is 19.6 Å². The predicted octanol–water partition coefficient (Wildman–Crippen LogP) is 0.684. The van der Waals surface area contributed by atoms with Crippen LogP contribution in [-0.2, 0) is 17.8 Å². The lowest BCUT2D eigenvalue weighted by molar-refractivity contribution is -0.123. The number of amides is 2. The number of carbonyl (C=O) groups excluding carboxylic acids is 2. The van der Waals surface area contributed by atoms with E-state index in [1.165, 1.54) is 19.3 Å². The third kappa shape index (κ3) is 4.85. The summed E-state index contributed by atoms with van der Waals surface area (Å²) in [6, 6.07) is 0.355. The Morgan fingerprint density at radius 2 is 1.86 bits per heavy atom. The minimum Gasteiger partial charge on any atom is -0.352 e. The van der Waals surface area contributed by atoms with Crippen LogP contribution in [0.1, 0.15) is 53.8 Å². The maximum absolute atomic E-state index is 12.8. The Morgan fingerprint density at radius 3 is 2.61 bits per heavy atom. The zero-order valence-electron chi connectivity index (χ0n) is 16.3. The molecule has 156 valence electrons. The second-order valence-corrected chi connectivity index (χ2v) is 7.93. The molecule has 2 fully saturated rings. The molecule has 0 radical (unpaired) electrons. The summed E-state index contributed by atoms with van der Waals surface area (Å²) in [5.74, 6) is 0.122. The lowest BCUT2D eigenvalue weighted by Gasteiger charge is -2.34. The second kappa shape index (κ2) is 9.71. The zero-order chi connectivity index (χ0) is 18.6. The van der Waals surface area contributed by atoms with Gasteiger partial charge >= 0.3 is 0 Å². The molecule has 2 amide bonds. The van der Waals surface area contributed by atoms with Crippen molar-refractivity contribution in [3.8, 4) is 0 Å². The summed E-state index contributed by atoms with van der Waals surface area (Å²) in [5, 5.41) is 13.8. The summed E-state index contributed by atoms with van der Waals surface area (Å²) >= 11 is 0. The Balaban J connectivity index is 0.00000225. The number of hydrogen-bond acceptors (Lipinski definition) is 5. The monoisotopic (exact) mass is 410 g/mol. The lowest BCUT2D eigenvalue weighted by Crippen LogP contribution is -2.52. The van der Waals surface area contributed by atoms with E-state index in [1.54, 1.807) is 0 Å². The van der Waals surface area contributed by atoms with Crippen molar-refractivity contribution in [2.24, 2.45) is 0 Å². The molecule has 1 aliphatic carbocycles. The van der Waals surface area contributed by atoms with E-state index >= 15 is 0 Å². The van der Waals surface area contributed by atoms with Crippen LogP contribution in [0.2, 0.25) is 0 Å². The molecule has 9 heteroatoms. The highest BCUT2D eigenvalue weighted by Gasteiger charge is 2.28. The Kier molecular flexibility index (Phi) is 7.31. The number of H-pyrrole nitrogens is 1. The zero-order valence-corrected chi connectivity index (χ0v) is 17.2. The molecule has 8 nitrogen and oxygen atoms in total. The number of aromatic amines is 1. The van der Waals surface area contributed by atoms with Gasteiger partial charge in [-0.25, -0.2) is 0 Å². The molecule has 0 bridgehead atoms. The first-order valence-electron chi connectivity index (χ1n) is 10.3. The standard InChI is InChI=1S/C19H30N6O2.ClH/c26-17(21-14-4-2-1-3-5-14)13-24-8-10-25(11-9-24)19(27)18-15-12-20-7-6-16(15)22-23-18;/h14,20H,1-13H2,(H,21,26)(H,22,23);1H. The van der Waals surface area contributed by atoms with Crippen molar-refractivity contribution in [3.05, 3.63) is 17.0 Å². The maximum Gasteiger partial charge on any atom is 0.274 e. The van der Waals surface area contributed by atoms with Gasteiger partial charge in [0.25, 0.3) is 5.91 Å². The van der Waals surface area contributed by atoms with Gasteiger partial charge in [0.1, 0.15) is 0 Å². The minimum absolute atomic E-state index is 0. The van der Waals surface area contributed by atoms with Gasteiger partial charge in [-0.2, -0.15) is 5.10 Å². The Hall–Kier alpha value is -1.64. The summed E-state index contributed by atoms with van der Waals surface area (Å²) in [5.41, 5.74) is 2.65. The van der Waals surface area contributed by atoms with Crippen LogP contribution in [0.5, 0.6) is 0 Å². The van der Waals surface area contributed by atoms with Crippen LogP contribution in [0.4, 0.5) is 0 Å². The highest BCUT2D eigenvalue weighted by Crippen LogP contribution is 2.19. The molecule has 3 N–H and O–H groups in total. The van der Waals surface area contributed by atoms with Gasteiger partial charge in [0.05, 0.1) is 6.54 Å². The van der Waals surface area contributed by atoms with Crippen LogP contribution < -0.4 is 10.6 Å². The number of nitrogens with zero attached hydrogens (tertiary/aromatic N) is 3. The van der Waals surface area contributed by atoms with E-state index < -0.39 is 0 Å². The highest BCUT2D eigenvalue weighted by atomic mass is 35.5. The molecular weight excluding hydrogens is 380 g/mol. The fraction of sp³-hybridized carbons (Fsp3) is 0.737. The number of carbonyl (C=O) groups is 2. The Morgan fingerprint density at radius 1 is 1.11 bits per heavy atom. The molecule has 1 aromatic rings. The Bertz CT molecular complexity index is 680. The molecular formula is C19H31ClN6O2. The van der Waals surface area contributed by atoms with Crippen LogP contribution in [0.3, 0.4) is 0 Å². The van der Waals surface area contributed by atoms with Gasteiger partial charge in [0.15, 0.2) is 5.69 Å².